The van der Waals surface area contributed by atoms with Gasteiger partial charge in [0.25, 0.3) is 0 Å². The summed E-state index contributed by atoms with van der Waals surface area (Å²) in [5.41, 5.74) is 4.08. The molecule has 0 N–H and O–H groups in total. The summed E-state index contributed by atoms with van der Waals surface area (Å²) in [5.74, 6) is 0.571. The van der Waals surface area contributed by atoms with Crippen molar-refractivity contribution in [3.8, 4) is 11.1 Å². The van der Waals surface area contributed by atoms with Crippen LogP contribution in [0.25, 0.3) is 11.1 Å². The van der Waals surface area contributed by atoms with Crippen LogP contribution in [0, 0.1) is 0 Å². The summed E-state index contributed by atoms with van der Waals surface area (Å²) >= 11 is 0. The molecule has 1 heteroatoms. The highest BCUT2D eigenvalue weighted by Gasteiger charge is 2.06. The van der Waals surface area contributed by atoms with Gasteiger partial charge < -0.3 is 0 Å². The fraction of sp³-hybridized carbons (Fsp3) is 0.556. The minimum Gasteiger partial charge on any atom is -0.122 e. The van der Waals surface area contributed by atoms with Gasteiger partial charge in [-0.05, 0) is 47.8 Å². The molecule has 0 saturated carbocycles. The Hall–Kier alpha value is -1.13. The SMILES string of the molecule is CC(C)c1ccccc1-c1ccccc1.CCCCCCPCCCCCC. The topological polar surface area (TPSA) is 0 Å². The first kappa shape index (κ1) is 24.9. The quantitative estimate of drug-likeness (QED) is 0.247. The molecular formula is C27H43P. The lowest BCUT2D eigenvalue weighted by Gasteiger charge is -2.12. The van der Waals surface area contributed by atoms with E-state index < -0.39 is 0 Å². The minimum atomic E-state index is 0.571. The second kappa shape index (κ2) is 16.8. The second-order valence-corrected chi connectivity index (χ2v) is 9.48. The van der Waals surface area contributed by atoms with Crippen LogP contribution in [0.15, 0.2) is 54.6 Å². The number of hydrogen-bond donors (Lipinski definition) is 0. The zero-order valence-corrected chi connectivity index (χ0v) is 19.8. The molecule has 0 atom stereocenters. The molecule has 0 saturated heterocycles. The molecule has 0 aliphatic carbocycles. The van der Waals surface area contributed by atoms with Crippen LogP contribution < -0.4 is 0 Å². The summed E-state index contributed by atoms with van der Waals surface area (Å²) in [6.07, 6.45) is 14.6. The van der Waals surface area contributed by atoms with E-state index >= 15 is 0 Å². The van der Waals surface area contributed by atoms with E-state index in [0.717, 1.165) is 0 Å². The van der Waals surface area contributed by atoms with Crippen LogP contribution in [0.5, 0.6) is 0 Å². The molecule has 0 aliphatic rings. The van der Waals surface area contributed by atoms with Gasteiger partial charge in [0.05, 0.1) is 0 Å². The van der Waals surface area contributed by atoms with E-state index in [0.29, 0.717) is 5.92 Å². The molecule has 0 spiro atoms. The van der Waals surface area contributed by atoms with Crippen molar-refractivity contribution in [1.29, 1.82) is 0 Å². The summed E-state index contributed by atoms with van der Waals surface area (Å²) in [4.78, 5) is 0. The maximum Gasteiger partial charge on any atom is -0.0149 e. The molecule has 0 amide bonds. The van der Waals surface area contributed by atoms with Crippen molar-refractivity contribution in [3.63, 3.8) is 0 Å². The lowest BCUT2D eigenvalue weighted by molar-refractivity contribution is 0.698. The molecule has 2 rings (SSSR count). The first-order valence-electron chi connectivity index (χ1n) is 11.6. The summed E-state index contributed by atoms with van der Waals surface area (Å²) in [6.45, 7) is 9.05. The third kappa shape index (κ3) is 11.0. The fourth-order valence-electron chi connectivity index (χ4n) is 3.36. The molecule has 28 heavy (non-hydrogen) atoms. The van der Waals surface area contributed by atoms with E-state index in [2.05, 4.69) is 82.3 Å². The molecule has 0 bridgehead atoms. The van der Waals surface area contributed by atoms with Gasteiger partial charge in [0.1, 0.15) is 0 Å². The Morgan fingerprint density at radius 3 is 1.71 bits per heavy atom. The van der Waals surface area contributed by atoms with Crippen LogP contribution in [-0.4, -0.2) is 12.3 Å². The average molecular weight is 399 g/mol. The lowest BCUT2D eigenvalue weighted by Crippen LogP contribution is -1.91. The van der Waals surface area contributed by atoms with Crippen LogP contribution in [-0.2, 0) is 0 Å². The van der Waals surface area contributed by atoms with Crippen LogP contribution in [0.2, 0.25) is 0 Å². The normalized spacial score (nSPS) is 10.6. The van der Waals surface area contributed by atoms with E-state index in [1.807, 2.05) is 0 Å². The zero-order chi connectivity index (χ0) is 20.5. The van der Waals surface area contributed by atoms with Crippen LogP contribution in [0.4, 0.5) is 0 Å². The van der Waals surface area contributed by atoms with Gasteiger partial charge in [-0.25, -0.2) is 0 Å². The second-order valence-electron chi connectivity index (χ2n) is 7.98. The Kier molecular flexibility index (Phi) is 14.9. The van der Waals surface area contributed by atoms with Crippen molar-refractivity contribution in [2.24, 2.45) is 0 Å². The van der Waals surface area contributed by atoms with Gasteiger partial charge >= 0.3 is 0 Å². The maximum absolute atomic E-state index is 2.28. The van der Waals surface area contributed by atoms with Gasteiger partial charge in [-0.15, -0.1) is 8.58 Å². The standard InChI is InChI=1S/C15H16.C12H27P/c1-12(2)14-10-6-7-11-15(14)13-8-4-3-5-9-13;1-3-5-7-9-11-13-12-10-8-6-4-2/h3-12H,1-2H3;13H,3-12H2,1-2H3. The van der Waals surface area contributed by atoms with Gasteiger partial charge in [-0.3, -0.25) is 0 Å². The third-order valence-electron chi connectivity index (χ3n) is 5.08. The predicted octanol–water partition coefficient (Wildman–Crippen LogP) is 9.30. The molecular weight excluding hydrogens is 355 g/mol. The highest BCUT2D eigenvalue weighted by atomic mass is 31.1. The fourth-order valence-corrected chi connectivity index (χ4v) is 4.61. The highest BCUT2D eigenvalue weighted by molar-refractivity contribution is 7.37. The van der Waals surface area contributed by atoms with Gasteiger partial charge in [0.15, 0.2) is 0 Å². The average Bonchev–Trinajstić information content (AvgIpc) is 2.74. The molecule has 2 aromatic carbocycles. The zero-order valence-electron chi connectivity index (χ0n) is 18.8. The number of hydrogen-bond acceptors (Lipinski definition) is 0. The number of benzene rings is 2. The van der Waals surface area contributed by atoms with Crippen LogP contribution in [0.1, 0.15) is 90.5 Å². The molecule has 0 nitrogen and oxygen atoms in total. The van der Waals surface area contributed by atoms with E-state index in [-0.39, 0.29) is 0 Å². The van der Waals surface area contributed by atoms with Gasteiger partial charge in [-0.1, -0.05) is 121 Å². The third-order valence-corrected chi connectivity index (χ3v) is 6.50. The van der Waals surface area contributed by atoms with Gasteiger partial charge in [0.2, 0.25) is 0 Å². The van der Waals surface area contributed by atoms with E-state index in [4.69, 9.17) is 0 Å². The lowest BCUT2D eigenvalue weighted by atomic mass is 9.93. The van der Waals surface area contributed by atoms with Crippen LogP contribution in [0.3, 0.4) is 0 Å². The molecule has 0 aromatic heterocycles. The maximum atomic E-state index is 2.28. The Labute approximate surface area is 177 Å². The summed E-state index contributed by atoms with van der Waals surface area (Å²) in [6, 6.07) is 19.2. The van der Waals surface area contributed by atoms with Crippen molar-refractivity contribution in [3.05, 3.63) is 60.2 Å². The first-order valence-corrected chi connectivity index (χ1v) is 13.0. The molecule has 156 valence electrons. The summed E-state index contributed by atoms with van der Waals surface area (Å²) in [7, 11) is 1.25. The van der Waals surface area contributed by atoms with Crippen molar-refractivity contribution < 1.29 is 0 Å². The van der Waals surface area contributed by atoms with E-state index in [1.54, 1.807) is 0 Å². The molecule has 0 heterocycles. The molecule has 2 aromatic rings. The van der Waals surface area contributed by atoms with Gasteiger partial charge in [0, 0.05) is 0 Å². The Morgan fingerprint density at radius 2 is 1.18 bits per heavy atom. The summed E-state index contributed by atoms with van der Waals surface area (Å²) in [5, 5.41) is 0. The van der Waals surface area contributed by atoms with Crippen LogP contribution >= 0.6 is 8.58 Å². The smallest absolute Gasteiger partial charge is 0.0149 e. The van der Waals surface area contributed by atoms with E-state index in [9.17, 15) is 0 Å². The monoisotopic (exact) mass is 398 g/mol. The molecule has 0 fully saturated rings. The minimum absolute atomic E-state index is 0.571. The number of unbranched alkanes of at least 4 members (excludes halogenated alkanes) is 6. The number of rotatable bonds is 12. The largest absolute Gasteiger partial charge is 0.122 e. The van der Waals surface area contributed by atoms with Crippen molar-refractivity contribution in [1.82, 2.24) is 0 Å². The van der Waals surface area contributed by atoms with Gasteiger partial charge in [-0.2, -0.15) is 0 Å². The molecule has 0 unspecified atom stereocenters. The predicted molar refractivity (Wildman–Crippen MR) is 132 cm³/mol. The molecule has 0 aliphatic heterocycles. The van der Waals surface area contributed by atoms with Crippen molar-refractivity contribution >= 4 is 8.58 Å². The molecule has 0 radical (unpaired) electrons. The Morgan fingerprint density at radius 1 is 0.643 bits per heavy atom. The Balaban J connectivity index is 0.000000284. The summed E-state index contributed by atoms with van der Waals surface area (Å²) < 4.78 is 0. The van der Waals surface area contributed by atoms with E-state index in [1.165, 1.54) is 89.0 Å². The van der Waals surface area contributed by atoms with Crippen molar-refractivity contribution in [2.75, 3.05) is 12.3 Å². The first-order chi connectivity index (χ1) is 13.7. The van der Waals surface area contributed by atoms with Crippen molar-refractivity contribution in [2.45, 2.75) is 85.0 Å². The Bertz CT molecular complexity index is 578. The highest BCUT2D eigenvalue weighted by Crippen LogP contribution is 2.28.